The van der Waals surface area contributed by atoms with Crippen LogP contribution in [0.5, 0.6) is 0 Å². The number of thiazole rings is 1. The molecule has 0 aliphatic heterocycles. The summed E-state index contributed by atoms with van der Waals surface area (Å²) in [7, 11) is 0. The third-order valence-corrected chi connectivity index (χ3v) is 4.02. The highest BCUT2D eigenvalue weighted by Gasteiger charge is 2.22. The number of primary amides is 1. The molecule has 2 heterocycles. The molecule has 3 rings (SSSR count). The first-order chi connectivity index (χ1) is 11.1. The summed E-state index contributed by atoms with van der Waals surface area (Å²) in [6.07, 6.45) is 1.54. The number of carbonyl (C=O) groups excluding carboxylic acids is 2. The number of nitrogens with zero attached hydrogens (tertiary/aromatic N) is 1. The smallest absolute Gasteiger partial charge is 0.271 e. The van der Waals surface area contributed by atoms with Gasteiger partial charge in [0, 0.05) is 5.38 Å². The molecule has 116 valence electrons. The summed E-state index contributed by atoms with van der Waals surface area (Å²) in [5.41, 5.74) is 6.22. The van der Waals surface area contributed by atoms with Crippen LogP contribution in [-0.4, -0.2) is 16.8 Å². The maximum absolute atomic E-state index is 12.3. The quantitative estimate of drug-likeness (QED) is 0.751. The molecule has 0 saturated carbocycles. The van der Waals surface area contributed by atoms with E-state index in [1.54, 1.807) is 41.8 Å². The number of carbonyl (C=O) groups is 2. The van der Waals surface area contributed by atoms with Gasteiger partial charge in [-0.3, -0.25) is 9.59 Å². The second-order valence-electron chi connectivity index (χ2n) is 4.73. The van der Waals surface area contributed by atoms with Crippen molar-refractivity contribution in [2.24, 2.45) is 5.73 Å². The topological polar surface area (TPSA) is 98.2 Å². The fourth-order valence-corrected chi connectivity index (χ4v) is 2.83. The Bertz CT molecular complexity index is 812. The van der Waals surface area contributed by atoms with Gasteiger partial charge in [0.05, 0.1) is 6.26 Å². The van der Waals surface area contributed by atoms with Crippen molar-refractivity contribution < 1.29 is 14.0 Å². The normalized spacial score (nSPS) is 11.8. The molecule has 0 aliphatic rings. The monoisotopic (exact) mass is 327 g/mol. The number of hydrogen-bond donors (Lipinski definition) is 2. The molecule has 0 radical (unpaired) electrons. The Kier molecular flexibility index (Phi) is 4.20. The number of aromatic nitrogens is 1. The summed E-state index contributed by atoms with van der Waals surface area (Å²) in [5.74, 6) is -0.513. The van der Waals surface area contributed by atoms with Gasteiger partial charge in [0.1, 0.15) is 11.7 Å². The van der Waals surface area contributed by atoms with Gasteiger partial charge in [-0.05, 0) is 17.7 Å². The van der Waals surface area contributed by atoms with E-state index >= 15 is 0 Å². The van der Waals surface area contributed by atoms with Crippen molar-refractivity contribution in [3.63, 3.8) is 0 Å². The zero-order chi connectivity index (χ0) is 16.2. The van der Waals surface area contributed by atoms with Crippen LogP contribution in [0.15, 0.2) is 58.5 Å². The fourth-order valence-electron chi connectivity index (χ4n) is 2.06. The number of amides is 2. The van der Waals surface area contributed by atoms with Crippen molar-refractivity contribution in [3.8, 4) is 10.8 Å². The van der Waals surface area contributed by atoms with E-state index in [0.717, 1.165) is 0 Å². The Morgan fingerprint density at radius 2 is 1.96 bits per heavy atom. The molecule has 23 heavy (non-hydrogen) atoms. The summed E-state index contributed by atoms with van der Waals surface area (Å²) >= 11 is 1.29. The molecule has 7 heteroatoms. The number of hydrogen-bond acceptors (Lipinski definition) is 5. The van der Waals surface area contributed by atoms with E-state index in [0.29, 0.717) is 16.3 Å². The van der Waals surface area contributed by atoms with Crippen molar-refractivity contribution in [2.75, 3.05) is 0 Å². The summed E-state index contributed by atoms with van der Waals surface area (Å²) in [5, 5.41) is 4.81. The van der Waals surface area contributed by atoms with Crippen molar-refractivity contribution in [1.29, 1.82) is 0 Å². The molecule has 1 aromatic carbocycles. The first-order valence-corrected chi connectivity index (χ1v) is 7.67. The van der Waals surface area contributed by atoms with Crippen molar-refractivity contribution in [3.05, 3.63) is 65.4 Å². The highest BCUT2D eigenvalue weighted by Crippen LogP contribution is 2.24. The minimum atomic E-state index is -0.905. The van der Waals surface area contributed by atoms with Gasteiger partial charge in [0.25, 0.3) is 5.91 Å². The largest absolute Gasteiger partial charge is 0.462 e. The van der Waals surface area contributed by atoms with E-state index in [4.69, 9.17) is 10.2 Å². The molecule has 3 aromatic rings. The highest BCUT2D eigenvalue weighted by atomic mass is 32.1. The minimum Gasteiger partial charge on any atom is -0.462 e. The molecule has 3 N–H and O–H groups in total. The van der Waals surface area contributed by atoms with Crippen molar-refractivity contribution >= 4 is 23.2 Å². The van der Waals surface area contributed by atoms with E-state index in [1.165, 1.54) is 17.6 Å². The third kappa shape index (κ3) is 3.29. The lowest BCUT2D eigenvalue weighted by molar-refractivity contribution is -0.120. The van der Waals surface area contributed by atoms with Gasteiger partial charge in [0.2, 0.25) is 5.91 Å². The summed E-state index contributed by atoms with van der Waals surface area (Å²) < 4.78 is 5.24. The second kappa shape index (κ2) is 6.45. The Labute approximate surface area is 136 Å². The van der Waals surface area contributed by atoms with Crippen LogP contribution in [0, 0.1) is 0 Å². The Hall–Kier alpha value is -2.93. The third-order valence-electron chi connectivity index (χ3n) is 3.16. The molecule has 0 fully saturated rings. The van der Waals surface area contributed by atoms with Gasteiger partial charge in [-0.15, -0.1) is 11.3 Å². The van der Waals surface area contributed by atoms with Crippen LogP contribution in [0.2, 0.25) is 0 Å². The molecule has 0 unspecified atom stereocenters. The molecule has 2 amide bonds. The van der Waals surface area contributed by atoms with Crippen LogP contribution in [-0.2, 0) is 4.79 Å². The average Bonchev–Trinajstić information content (AvgIpc) is 3.23. The lowest BCUT2D eigenvalue weighted by Gasteiger charge is -2.14. The van der Waals surface area contributed by atoms with E-state index < -0.39 is 17.9 Å². The lowest BCUT2D eigenvalue weighted by Crippen LogP contribution is -2.37. The van der Waals surface area contributed by atoms with Crippen LogP contribution in [0.25, 0.3) is 10.8 Å². The van der Waals surface area contributed by atoms with E-state index in [2.05, 4.69) is 10.3 Å². The summed E-state index contributed by atoms with van der Waals surface area (Å²) in [6.45, 7) is 0. The zero-order valence-corrected chi connectivity index (χ0v) is 12.7. The van der Waals surface area contributed by atoms with Crippen LogP contribution >= 0.6 is 11.3 Å². The van der Waals surface area contributed by atoms with Crippen molar-refractivity contribution in [1.82, 2.24) is 10.3 Å². The van der Waals surface area contributed by atoms with Crippen LogP contribution in [0.1, 0.15) is 22.1 Å². The predicted octanol–water partition coefficient (Wildman–Crippen LogP) is 2.36. The number of nitrogens with one attached hydrogen (secondary N) is 1. The van der Waals surface area contributed by atoms with Gasteiger partial charge < -0.3 is 15.5 Å². The lowest BCUT2D eigenvalue weighted by atomic mass is 10.1. The number of furan rings is 1. The molecule has 6 nitrogen and oxygen atoms in total. The van der Waals surface area contributed by atoms with Gasteiger partial charge >= 0.3 is 0 Å². The molecular formula is C16H13N3O3S. The van der Waals surface area contributed by atoms with Gasteiger partial charge in [-0.1, -0.05) is 30.3 Å². The molecule has 0 saturated heterocycles. The zero-order valence-electron chi connectivity index (χ0n) is 11.9. The maximum Gasteiger partial charge on any atom is 0.271 e. The second-order valence-corrected chi connectivity index (χ2v) is 5.59. The van der Waals surface area contributed by atoms with Crippen LogP contribution < -0.4 is 11.1 Å². The SMILES string of the molecule is NC(=O)[C@@H](NC(=O)c1csc(-c2ccco2)n1)c1ccccc1. The predicted molar refractivity (Wildman–Crippen MR) is 85.7 cm³/mol. The van der Waals surface area contributed by atoms with Gasteiger partial charge in [0.15, 0.2) is 10.8 Å². The summed E-state index contributed by atoms with van der Waals surface area (Å²) in [6, 6.07) is 11.4. The minimum absolute atomic E-state index is 0.212. The Morgan fingerprint density at radius 3 is 2.61 bits per heavy atom. The molecule has 1 atom stereocenters. The van der Waals surface area contributed by atoms with Gasteiger partial charge in [-0.25, -0.2) is 4.98 Å². The molecule has 0 bridgehead atoms. The van der Waals surface area contributed by atoms with E-state index in [9.17, 15) is 9.59 Å². The molecule has 0 aliphatic carbocycles. The number of nitrogens with two attached hydrogens (primary N) is 1. The average molecular weight is 327 g/mol. The number of benzene rings is 1. The standard InChI is InChI=1S/C16H13N3O3S/c17-14(20)13(10-5-2-1-3-6-10)19-15(21)11-9-23-16(18-11)12-7-4-8-22-12/h1-9,13H,(H2,17,20)(H,19,21)/t13-/m0/s1. The Balaban J connectivity index is 1.79. The maximum atomic E-state index is 12.3. The highest BCUT2D eigenvalue weighted by molar-refractivity contribution is 7.13. The van der Waals surface area contributed by atoms with Gasteiger partial charge in [-0.2, -0.15) is 0 Å². The fraction of sp³-hybridized carbons (Fsp3) is 0.0625. The molecule has 2 aromatic heterocycles. The number of rotatable bonds is 5. The van der Waals surface area contributed by atoms with E-state index in [1.807, 2.05) is 6.07 Å². The first-order valence-electron chi connectivity index (χ1n) is 6.79. The molecule has 0 spiro atoms. The van der Waals surface area contributed by atoms with E-state index in [-0.39, 0.29) is 5.69 Å². The Morgan fingerprint density at radius 1 is 1.17 bits per heavy atom. The van der Waals surface area contributed by atoms with Crippen LogP contribution in [0.4, 0.5) is 0 Å². The first kappa shape index (κ1) is 15.0. The van der Waals surface area contributed by atoms with Crippen molar-refractivity contribution in [2.45, 2.75) is 6.04 Å². The van der Waals surface area contributed by atoms with Crippen LogP contribution in [0.3, 0.4) is 0 Å². The summed E-state index contributed by atoms with van der Waals surface area (Å²) in [4.78, 5) is 28.2. The molecular weight excluding hydrogens is 314 g/mol.